The van der Waals surface area contributed by atoms with Gasteiger partial charge in [0.1, 0.15) is 0 Å². The fourth-order valence-corrected chi connectivity index (χ4v) is 5.61. The van der Waals surface area contributed by atoms with Gasteiger partial charge in [-0.05, 0) is 24.1 Å². The van der Waals surface area contributed by atoms with Crippen LogP contribution in [0, 0.1) is 0 Å². The quantitative estimate of drug-likeness (QED) is 0.396. The Hall–Kier alpha value is -2.51. The summed E-state index contributed by atoms with van der Waals surface area (Å²) in [5.74, 6) is 0.202. The maximum Gasteiger partial charge on any atom is 0.268 e. The molecule has 2 heterocycles. The molecule has 1 atom stereocenters. The zero-order chi connectivity index (χ0) is 21.8. The lowest BCUT2D eigenvalue weighted by atomic mass is 10.1. The second kappa shape index (κ2) is 9.75. The van der Waals surface area contributed by atoms with Gasteiger partial charge >= 0.3 is 0 Å². The van der Waals surface area contributed by atoms with Crippen molar-refractivity contribution in [3.63, 3.8) is 0 Å². The van der Waals surface area contributed by atoms with Crippen molar-refractivity contribution in [2.24, 2.45) is 0 Å². The SMILES string of the molecule is CC1Cc2nc(SCC(=O)N(C)c3ccccc3)n(CCc3ccccc3)c(=O)c2S1. The Labute approximate surface area is 190 Å². The monoisotopic (exact) mass is 451 g/mol. The first-order valence-corrected chi connectivity index (χ1v) is 12.2. The van der Waals surface area contributed by atoms with Crippen molar-refractivity contribution in [3.05, 3.63) is 82.3 Å². The number of hydrogen-bond acceptors (Lipinski definition) is 5. The molecule has 0 fully saturated rings. The highest BCUT2D eigenvalue weighted by molar-refractivity contribution is 8.00. The fraction of sp³-hybridized carbons (Fsp3) is 0.292. The van der Waals surface area contributed by atoms with E-state index in [0.29, 0.717) is 17.0 Å². The van der Waals surface area contributed by atoms with Gasteiger partial charge in [0.25, 0.3) is 5.56 Å². The van der Waals surface area contributed by atoms with E-state index >= 15 is 0 Å². The highest BCUT2D eigenvalue weighted by Crippen LogP contribution is 2.34. The van der Waals surface area contributed by atoms with Gasteiger partial charge in [0.2, 0.25) is 5.91 Å². The largest absolute Gasteiger partial charge is 0.315 e. The molecule has 0 bridgehead atoms. The van der Waals surface area contributed by atoms with Crippen molar-refractivity contribution in [2.75, 3.05) is 17.7 Å². The molecule has 1 aromatic heterocycles. The number of nitrogens with zero attached hydrogens (tertiary/aromatic N) is 3. The number of fused-ring (bicyclic) bond motifs is 1. The van der Waals surface area contributed by atoms with Crippen LogP contribution in [0.5, 0.6) is 0 Å². The van der Waals surface area contributed by atoms with Crippen molar-refractivity contribution < 1.29 is 4.79 Å². The van der Waals surface area contributed by atoms with Gasteiger partial charge in [0, 0.05) is 31.0 Å². The normalized spacial score (nSPS) is 15.0. The number of aryl methyl sites for hydroxylation is 1. The van der Waals surface area contributed by atoms with Crippen molar-refractivity contribution in [3.8, 4) is 0 Å². The molecule has 0 N–H and O–H groups in total. The van der Waals surface area contributed by atoms with Crippen LogP contribution in [0.1, 0.15) is 18.2 Å². The second-order valence-corrected chi connectivity index (χ2v) is 9.96. The summed E-state index contributed by atoms with van der Waals surface area (Å²) in [5, 5.41) is 0.980. The van der Waals surface area contributed by atoms with Crippen LogP contribution < -0.4 is 10.5 Å². The molecule has 0 spiro atoms. The number of benzene rings is 2. The van der Waals surface area contributed by atoms with E-state index < -0.39 is 0 Å². The minimum atomic E-state index is -0.0247. The zero-order valence-corrected chi connectivity index (χ0v) is 19.3. The molecular weight excluding hydrogens is 426 g/mol. The minimum Gasteiger partial charge on any atom is -0.315 e. The van der Waals surface area contributed by atoms with E-state index in [9.17, 15) is 9.59 Å². The topological polar surface area (TPSA) is 55.2 Å². The number of thioether (sulfide) groups is 2. The molecule has 31 heavy (non-hydrogen) atoms. The molecule has 1 aliphatic rings. The number of anilines is 1. The second-order valence-electron chi connectivity index (χ2n) is 7.57. The van der Waals surface area contributed by atoms with Gasteiger partial charge in [-0.1, -0.05) is 67.2 Å². The fourth-order valence-electron chi connectivity index (χ4n) is 3.54. The Morgan fingerprint density at radius 2 is 1.84 bits per heavy atom. The Bertz CT molecular complexity index is 1120. The van der Waals surface area contributed by atoms with Gasteiger partial charge in [-0.15, -0.1) is 11.8 Å². The smallest absolute Gasteiger partial charge is 0.268 e. The molecule has 3 aromatic rings. The van der Waals surface area contributed by atoms with Crippen LogP contribution in [0.15, 0.2) is 75.5 Å². The van der Waals surface area contributed by atoms with Crippen LogP contribution in [-0.2, 0) is 24.2 Å². The Kier molecular flexibility index (Phi) is 6.83. The molecular formula is C24H25N3O2S2. The zero-order valence-electron chi connectivity index (χ0n) is 17.7. The summed E-state index contributed by atoms with van der Waals surface area (Å²) in [6.07, 6.45) is 1.53. The predicted octanol–water partition coefficient (Wildman–Crippen LogP) is 4.28. The Morgan fingerprint density at radius 1 is 1.16 bits per heavy atom. The van der Waals surface area contributed by atoms with Gasteiger partial charge in [-0.2, -0.15) is 0 Å². The number of hydrogen-bond donors (Lipinski definition) is 0. The molecule has 1 unspecified atom stereocenters. The first-order chi connectivity index (χ1) is 15.0. The average molecular weight is 452 g/mol. The highest BCUT2D eigenvalue weighted by atomic mass is 32.2. The van der Waals surface area contributed by atoms with Crippen LogP contribution in [0.4, 0.5) is 5.69 Å². The lowest BCUT2D eigenvalue weighted by Gasteiger charge is -2.18. The molecule has 2 aromatic carbocycles. The van der Waals surface area contributed by atoms with Crippen molar-refractivity contribution in [1.82, 2.24) is 9.55 Å². The van der Waals surface area contributed by atoms with E-state index in [4.69, 9.17) is 4.98 Å². The molecule has 160 valence electrons. The van der Waals surface area contributed by atoms with Crippen LogP contribution in [0.2, 0.25) is 0 Å². The number of carbonyl (C=O) groups is 1. The van der Waals surface area contributed by atoms with Gasteiger partial charge in [0.05, 0.1) is 16.3 Å². The van der Waals surface area contributed by atoms with Crippen LogP contribution in [0.25, 0.3) is 0 Å². The summed E-state index contributed by atoms with van der Waals surface area (Å²) in [4.78, 5) is 33.2. The molecule has 1 amide bonds. The number of aromatic nitrogens is 2. The summed E-state index contributed by atoms with van der Waals surface area (Å²) in [7, 11) is 1.77. The third-order valence-electron chi connectivity index (χ3n) is 5.27. The molecule has 5 nitrogen and oxygen atoms in total. The molecule has 7 heteroatoms. The third-order valence-corrected chi connectivity index (χ3v) is 7.45. The van der Waals surface area contributed by atoms with E-state index in [1.807, 2.05) is 48.5 Å². The lowest BCUT2D eigenvalue weighted by molar-refractivity contribution is -0.115. The first kappa shape index (κ1) is 21.7. The first-order valence-electron chi connectivity index (χ1n) is 10.3. The van der Waals surface area contributed by atoms with E-state index in [0.717, 1.165) is 29.1 Å². The van der Waals surface area contributed by atoms with E-state index in [1.54, 1.807) is 28.3 Å². The molecule has 4 rings (SSSR count). The molecule has 0 aliphatic carbocycles. The molecule has 1 aliphatic heterocycles. The molecule has 0 saturated heterocycles. The number of carbonyl (C=O) groups excluding carboxylic acids is 1. The van der Waals surface area contributed by atoms with E-state index in [2.05, 4.69) is 19.1 Å². The summed E-state index contributed by atoms with van der Waals surface area (Å²) in [5.41, 5.74) is 2.90. The number of rotatable bonds is 7. The maximum atomic E-state index is 13.2. The van der Waals surface area contributed by atoms with Crippen LogP contribution in [0.3, 0.4) is 0 Å². The Balaban J connectivity index is 1.55. The standard InChI is InChI=1S/C24H25N3O2S2/c1-17-15-20-22(31-17)23(29)27(14-13-18-9-5-3-6-10-18)24(25-20)30-16-21(28)26(2)19-11-7-4-8-12-19/h3-12,17H,13-16H2,1-2H3. The summed E-state index contributed by atoms with van der Waals surface area (Å²) >= 11 is 2.95. The van der Waals surface area contributed by atoms with Gasteiger partial charge in [-0.25, -0.2) is 4.98 Å². The maximum absolute atomic E-state index is 13.2. The van der Waals surface area contributed by atoms with E-state index in [1.165, 1.54) is 17.3 Å². The van der Waals surface area contributed by atoms with Crippen LogP contribution >= 0.6 is 23.5 Å². The van der Waals surface area contributed by atoms with Gasteiger partial charge in [-0.3, -0.25) is 14.2 Å². The average Bonchev–Trinajstić information content (AvgIpc) is 3.18. The number of para-hydroxylation sites is 1. The van der Waals surface area contributed by atoms with Gasteiger partial charge < -0.3 is 4.90 Å². The van der Waals surface area contributed by atoms with E-state index in [-0.39, 0.29) is 17.2 Å². The Morgan fingerprint density at radius 3 is 2.55 bits per heavy atom. The van der Waals surface area contributed by atoms with Crippen molar-refractivity contribution >= 4 is 35.1 Å². The van der Waals surface area contributed by atoms with Gasteiger partial charge in [0.15, 0.2) is 5.16 Å². The van der Waals surface area contributed by atoms with Crippen LogP contribution in [-0.4, -0.2) is 33.5 Å². The number of amides is 1. The van der Waals surface area contributed by atoms with Crippen molar-refractivity contribution in [1.29, 1.82) is 0 Å². The summed E-state index contributed by atoms with van der Waals surface area (Å²) in [6, 6.07) is 19.7. The molecule has 0 saturated carbocycles. The van der Waals surface area contributed by atoms with Crippen molar-refractivity contribution in [2.45, 2.75) is 41.6 Å². The highest BCUT2D eigenvalue weighted by Gasteiger charge is 2.26. The lowest BCUT2D eigenvalue weighted by Crippen LogP contribution is -2.29. The minimum absolute atomic E-state index is 0.0154. The summed E-state index contributed by atoms with van der Waals surface area (Å²) < 4.78 is 1.75. The third kappa shape index (κ3) is 5.05. The predicted molar refractivity (Wildman–Crippen MR) is 128 cm³/mol. The summed E-state index contributed by atoms with van der Waals surface area (Å²) in [6.45, 7) is 2.66. The molecule has 0 radical (unpaired) electrons.